The van der Waals surface area contributed by atoms with Gasteiger partial charge >= 0.3 is 6.03 Å². The average molecular weight is 549 g/mol. The zero-order chi connectivity index (χ0) is 28.4. The molecule has 216 valence electrons. The molecule has 0 bridgehead atoms. The van der Waals surface area contributed by atoms with Crippen LogP contribution in [0, 0.1) is 0 Å². The van der Waals surface area contributed by atoms with Gasteiger partial charge in [-0.15, -0.1) is 0 Å². The lowest BCUT2D eigenvalue weighted by molar-refractivity contribution is 0.0773. The van der Waals surface area contributed by atoms with Gasteiger partial charge in [-0.25, -0.2) is 14.8 Å². The summed E-state index contributed by atoms with van der Waals surface area (Å²) in [5.74, 6) is 0.349. The molecule has 10 heteroatoms. The lowest BCUT2D eigenvalue weighted by atomic mass is 9.73. The number of carbonyl (C=O) groups is 2. The predicted octanol–water partition coefficient (Wildman–Crippen LogP) is 3.85. The van der Waals surface area contributed by atoms with Crippen molar-refractivity contribution in [2.45, 2.75) is 82.3 Å². The van der Waals surface area contributed by atoms with E-state index in [1.54, 1.807) is 25.2 Å². The molecule has 5 rings (SSSR count). The van der Waals surface area contributed by atoms with Crippen LogP contribution in [-0.4, -0.2) is 83.6 Å². The van der Waals surface area contributed by atoms with Crippen molar-refractivity contribution < 1.29 is 9.59 Å². The third kappa shape index (κ3) is 5.87. The number of aromatic nitrogens is 2. The van der Waals surface area contributed by atoms with E-state index in [-0.39, 0.29) is 29.2 Å². The summed E-state index contributed by atoms with van der Waals surface area (Å²) in [7, 11) is 3.47. The number of benzene rings is 1. The first-order chi connectivity index (χ1) is 19.1. The smallest absolute Gasteiger partial charge is 0.317 e. The fraction of sp³-hybridized carbons (Fsp3) is 0.600. The summed E-state index contributed by atoms with van der Waals surface area (Å²) in [6, 6.07) is 9.16. The molecular weight excluding hydrogens is 504 g/mol. The highest BCUT2D eigenvalue weighted by molar-refractivity contribution is 5.96. The standard InChI is InChI=1S/C30H44N8O2/c1-20-24(34-29(40)36(3)4)9-6-16-38(20)25-19-32-26(27(31)39)28(35-25)33-22-12-10-21(11-13-22)30(2)14-17-37(18-15-30)23-7-5-8-23/h10-13,19-20,23-24H,5-9,14-18H2,1-4H3,(H2,31,39)(H,33,35)(H,34,40). The Kier molecular flexibility index (Phi) is 8.16. The fourth-order valence-electron chi connectivity index (χ4n) is 6.25. The van der Waals surface area contributed by atoms with Crippen LogP contribution in [0.25, 0.3) is 0 Å². The second kappa shape index (κ2) is 11.6. The van der Waals surface area contributed by atoms with Crippen molar-refractivity contribution in [2.75, 3.05) is 43.9 Å². The van der Waals surface area contributed by atoms with Crippen LogP contribution in [0.3, 0.4) is 0 Å². The van der Waals surface area contributed by atoms with Crippen LogP contribution in [0.5, 0.6) is 0 Å². The molecule has 2 unspecified atom stereocenters. The molecule has 1 aromatic heterocycles. The first kappa shape index (κ1) is 28.1. The van der Waals surface area contributed by atoms with Crippen molar-refractivity contribution in [2.24, 2.45) is 5.73 Å². The number of piperidine rings is 2. The van der Waals surface area contributed by atoms with Crippen LogP contribution in [0.1, 0.15) is 74.8 Å². The molecule has 1 aromatic carbocycles. The highest BCUT2D eigenvalue weighted by atomic mass is 16.2. The number of nitrogens with zero attached hydrogens (tertiary/aromatic N) is 5. The summed E-state index contributed by atoms with van der Waals surface area (Å²) in [5, 5.41) is 6.41. The van der Waals surface area contributed by atoms with E-state index in [9.17, 15) is 9.59 Å². The Hall–Kier alpha value is -3.40. The number of hydrogen-bond acceptors (Lipinski definition) is 7. The molecule has 2 atom stereocenters. The van der Waals surface area contributed by atoms with Crippen LogP contribution < -0.4 is 21.3 Å². The largest absolute Gasteiger partial charge is 0.364 e. The van der Waals surface area contributed by atoms with E-state index >= 15 is 0 Å². The second-order valence-electron chi connectivity index (χ2n) is 12.2. The van der Waals surface area contributed by atoms with Crippen LogP contribution >= 0.6 is 0 Å². The minimum absolute atomic E-state index is 0.00923. The van der Waals surface area contributed by atoms with Gasteiger partial charge < -0.3 is 31.1 Å². The quantitative estimate of drug-likeness (QED) is 0.481. The van der Waals surface area contributed by atoms with Gasteiger partial charge in [0.2, 0.25) is 0 Å². The zero-order valence-corrected chi connectivity index (χ0v) is 24.3. The van der Waals surface area contributed by atoms with Gasteiger partial charge in [-0.3, -0.25) is 4.79 Å². The second-order valence-corrected chi connectivity index (χ2v) is 12.2. The number of nitrogens with two attached hydrogens (primary N) is 1. The number of primary amides is 1. The highest BCUT2D eigenvalue weighted by Gasteiger charge is 2.36. The van der Waals surface area contributed by atoms with E-state index in [1.807, 2.05) is 12.1 Å². The summed E-state index contributed by atoms with van der Waals surface area (Å²) in [6.45, 7) is 7.57. The van der Waals surface area contributed by atoms with Gasteiger partial charge in [0, 0.05) is 38.4 Å². The monoisotopic (exact) mass is 548 g/mol. The molecule has 2 saturated heterocycles. The molecular formula is C30H44N8O2. The lowest BCUT2D eigenvalue weighted by Gasteiger charge is -2.45. The molecule has 3 fully saturated rings. The third-order valence-electron chi connectivity index (χ3n) is 9.33. The minimum Gasteiger partial charge on any atom is -0.364 e. The molecule has 3 amide bonds. The third-order valence-corrected chi connectivity index (χ3v) is 9.33. The predicted molar refractivity (Wildman–Crippen MR) is 158 cm³/mol. The van der Waals surface area contributed by atoms with Crippen molar-refractivity contribution in [3.8, 4) is 0 Å². The molecule has 1 aliphatic carbocycles. The molecule has 3 aliphatic rings. The van der Waals surface area contributed by atoms with E-state index in [0.717, 1.165) is 31.1 Å². The number of urea groups is 1. The number of nitrogens with one attached hydrogen (secondary N) is 2. The van der Waals surface area contributed by atoms with Gasteiger partial charge in [0.15, 0.2) is 11.5 Å². The van der Waals surface area contributed by atoms with Gasteiger partial charge in [0.05, 0.1) is 12.2 Å². The number of anilines is 3. The Morgan fingerprint density at radius 2 is 1.75 bits per heavy atom. The van der Waals surface area contributed by atoms with Crippen molar-refractivity contribution in [1.82, 2.24) is 25.1 Å². The summed E-state index contributed by atoms with van der Waals surface area (Å²) in [5.41, 5.74) is 8.10. The molecule has 40 heavy (non-hydrogen) atoms. The molecule has 0 radical (unpaired) electrons. The van der Waals surface area contributed by atoms with Gasteiger partial charge in [-0.2, -0.15) is 0 Å². The Labute approximate surface area is 237 Å². The summed E-state index contributed by atoms with van der Waals surface area (Å²) < 4.78 is 0. The maximum atomic E-state index is 12.3. The van der Waals surface area contributed by atoms with E-state index in [0.29, 0.717) is 11.6 Å². The normalized spacial score (nSPS) is 23.2. The Morgan fingerprint density at radius 1 is 1.05 bits per heavy atom. The molecule has 10 nitrogen and oxygen atoms in total. The van der Waals surface area contributed by atoms with Crippen LogP contribution in [0.4, 0.5) is 22.1 Å². The molecule has 4 N–H and O–H groups in total. The van der Waals surface area contributed by atoms with Crippen LogP contribution in [0.15, 0.2) is 30.5 Å². The number of amides is 3. The number of hydrogen-bond donors (Lipinski definition) is 3. The van der Waals surface area contributed by atoms with E-state index in [4.69, 9.17) is 10.7 Å². The van der Waals surface area contributed by atoms with Crippen molar-refractivity contribution >= 4 is 29.3 Å². The molecule has 0 spiro atoms. The summed E-state index contributed by atoms with van der Waals surface area (Å²) >= 11 is 0. The Bertz CT molecular complexity index is 1200. The molecule has 2 aromatic rings. The number of likely N-dealkylation sites (tertiary alicyclic amines) is 1. The number of rotatable bonds is 7. The maximum absolute atomic E-state index is 12.3. The van der Waals surface area contributed by atoms with Gasteiger partial charge in [-0.05, 0) is 81.6 Å². The minimum atomic E-state index is -0.633. The lowest BCUT2D eigenvalue weighted by Crippen LogP contribution is -2.56. The van der Waals surface area contributed by atoms with Gasteiger partial charge in [0.25, 0.3) is 5.91 Å². The van der Waals surface area contributed by atoms with Crippen LogP contribution in [0.2, 0.25) is 0 Å². The molecule has 3 heterocycles. The fourth-order valence-corrected chi connectivity index (χ4v) is 6.25. The average Bonchev–Trinajstić information content (AvgIpc) is 2.90. The SMILES string of the molecule is CC1C(NC(=O)N(C)C)CCCN1c1cnc(C(N)=O)c(Nc2ccc(C3(C)CCN(C4CCC4)CC3)cc2)n1. The van der Waals surface area contributed by atoms with Crippen molar-refractivity contribution in [3.05, 3.63) is 41.7 Å². The van der Waals surface area contributed by atoms with E-state index in [1.165, 1.54) is 50.8 Å². The Balaban J connectivity index is 1.30. The van der Waals surface area contributed by atoms with Crippen molar-refractivity contribution in [3.63, 3.8) is 0 Å². The van der Waals surface area contributed by atoms with E-state index < -0.39 is 5.91 Å². The van der Waals surface area contributed by atoms with Crippen LogP contribution in [-0.2, 0) is 5.41 Å². The summed E-state index contributed by atoms with van der Waals surface area (Å²) in [6.07, 6.45) is 9.82. The zero-order valence-electron chi connectivity index (χ0n) is 24.3. The maximum Gasteiger partial charge on any atom is 0.317 e. The first-order valence-electron chi connectivity index (χ1n) is 14.7. The van der Waals surface area contributed by atoms with Crippen molar-refractivity contribution in [1.29, 1.82) is 0 Å². The number of carbonyl (C=O) groups excluding carboxylic acids is 2. The van der Waals surface area contributed by atoms with Gasteiger partial charge in [-0.1, -0.05) is 25.5 Å². The Morgan fingerprint density at radius 3 is 2.35 bits per heavy atom. The summed E-state index contributed by atoms with van der Waals surface area (Å²) in [4.78, 5) is 40.0. The van der Waals surface area contributed by atoms with E-state index in [2.05, 4.69) is 51.4 Å². The molecule has 1 saturated carbocycles. The molecule has 2 aliphatic heterocycles. The first-order valence-corrected chi connectivity index (χ1v) is 14.7. The topological polar surface area (TPSA) is 120 Å². The van der Waals surface area contributed by atoms with Gasteiger partial charge in [0.1, 0.15) is 5.82 Å². The highest BCUT2D eigenvalue weighted by Crippen LogP contribution is 2.38.